The van der Waals surface area contributed by atoms with Crippen LogP contribution in [0.5, 0.6) is 0 Å². The smallest absolute Gasteiger partial charge is 0.224 e. The van der Waals surface area contributed by atoms with Crippen molar-refractivity contribution in [3.63, 3.8) is 0 Å². The molecule has 2 aromatic carbocycles. The molecule has 1 N–H and O–H groups in total. The summed E-state index contributed by atoms with van der Waals surface area (Å²) in [5.41, 5.74) is 1.67. The molecule has 1 atom stereocenters. The van der Waals surface area contributed by atoms with Gasteiger partial charge in [0.25, 0.3) is 0 Å². The summed E-state index contributed by atoms with van der Waals surface area (Å²) in [7, 11) is -3.49. The topological polar surface area (TPSA) is 66.5 Å². The maximum atomic E-state index is 12.8. The summed E-state index contributed by atoms with van der Waals surface area (Å²) >= 11 is 5.95. The standard InChI is InChI=1S/C20H23ClN2O3S/c21-19-10-4-8-17(12-19)15-27(25,26)23-11-5-9-18(14-23)20(24)22-13-16-6-2-1-3-7-16/h1-4,6-8,10,12,18H,5,9,11,13-15H2,(H,22,24)/t18-/m1/s1. The Morgan fingerprint density at radius 1 is 1.11 bits per heavy atom. The molecule has 1 saturated heterocycles. The molecule has 27 heavy (non-hydrogen) atoms. The van der Waals surface area contributed by atoms with Gasteiger partial charge in [0.2, 0.25) is 15.9 Å². The van der Waals surface area contributed by atoms with Gasteiger partial charge in [0.15, 0.2) is 0 Å². The predicted molar refractivity (Wildman–Crippen MR) is 107 cm³/mol. The quantitative estimate of drug-likeness (QED) is 0.801. The molecule has 3 rings (SSSR count). The van der Waals surface area contributed by atoms with Crippen LogP contribution in [0.2, 0.25) is 5.02 Å². The minimum Gasteiger partial charge on any atom is -0.352 e. The number of nitrogens with one attached hydrogen (secondary N) is 1. The van der Waals surface area contributed by atoms with Crippen LogP contribution in [0.1, 0.15) is 24.0 Å². The highest BCUT2D eigenvalue weighted by molar-refractivity contribution is 7.88. The number of amides is 1. The van der Waals surface area contributed by atoms with Gasteiger partial charge in [-0.15, -0.1) is 0 Å². The molecule has 0 aliphatic carbocycles. The zero-order valence-electron chi connectivity index (χ0n) is 15.0. The van der Waals surface area contributed by atoms with Gasteiger partial charge in [-0.1, -0.05) is 54.1 Å². The van der Waals surface area contributed by atoms with E-state index in [2.05, 4.69) is 5.32 Å². The highest BCUT2D eigenvalue weighted by Gasteiger charge is 2.32. The molecular formula is C20H23ClN2O3S. The van der Waals surface area contributed by atoms with Crippen LogP contribution >= 0.6 is 11.6 Å². The van der Waals surface area contributed by atoms with E-state index in [9.17, 15) is 13.2 Å². The van der Waals surface area contributed by atoms with Gasteiger partial charge >= 0.3 is 0 Å². The van der Waals surface area contributed by atoms with Crippen molar-refractivity contribution in [3.8, 4) is 0 Å². The molecule has 1 aliphatic heterocycles. The molecule has 0 bridgehead atoms. The highest BCUT2D eigenvalue weighted by Crippen LogP contribution is 2.22. The number of hydrogen-bond donors (Lipinski definition) is 1. The summed E-state index contributed by atoms with van der Waals surface area (Å²) in [5, 5.41) is 3.43. The van der Waals surface area contributed by atoms with E-state index >= 15 is 0 Å². The third-order valence-electron chi connectivity index (χ3n) is 4.70. The van der Waals surface area contributed by atoms with Crippen LogP contribution in [0.4, 0.5) is 0 Å². The van der Waals surface area contributed by atoms with Gasteiger partial charge in [-0.25, -0.2) is 12.7 Å². The Balaban J connectivity index is 1.60. The molecule has 5 nitrogen and oxygen atoms in total. The van der Waals surface area contributed by atoms with Gasteiger partial charge < -0.3 is 5.32 Å². The van der Waals surface area contributed by atoms with E-state index in [1.165, 1.54) is 4.31 Å². The van der Waals surface area contributed by atoms with Crippen molar-refractivity contribution in [2.24, 2.45) is 5.92 Å². The molecule has 7 heteroatoms. The Bertz CT molecular complexity index is 887. The monoisotopic (exact) mass is 406 g/mol. The largest absolute Gasteiger partial charge is 0.352 e. The van der Waals surface area contributed by atoms with E-state index in [-0.39, 0.29) is 24.1 Å². The summed E-state index contributed by atoms with van der Waals surface area (Å²) in [6.45, 7) is 1.13. The summed E-state index contributed by atoms with van der Waals surface area (Å²) in [6.07, 6.45) is 1.38. The van der Waals surface area contributed by atoms with Gasteiger partial charge in [-0.2, -0.15) is 0 Å². The first-order valence-electron chi connectivity index (χ1n) is 8.98. The molecule has 144 valence electrons. The van der Waals surface area contributed by atoms with Gasteiger partial charge in [0, 0.05) is 24.7 Å². The molecule has 0 spiro atoms. The van der Waals surface area contributed by atoms with Crippen molar-refractivity contribution < 1.29 is 13.2 Å². The number of piperidine rings is 1. The lowest BCUT2D eigenvalue weighted by Gasteiger charge is -2.31. The SMILES string of the molecule is O=C(NCc1ccccc1)[C@@H]1CCCN(S(=O)(=O)Cc2cccc(Cl)c2)C1. The minimum absolute atomic E-state index is 0.0958. The molecule has 0 saturated carbocycles. The first-order valence-corrected chi connectivity index (χ1v) is 11.0. The van der Waals surface area contributed by atoms with E-state index in [1.807, 2.05) is 30.3 Å². The number of hydrogen-bond acceptors (Lipinski definition) is 3. The summed E-state index contributed by atoms with van der Waals surface area (Å²) in [4.78, 5) is 12.5. The normalized spacial score (nSPS) is 18.2. The molecule has 2 aromatic rings. The van der Waals surface area contributed by atoms with Crippen LogP contribution in [-0.2, 0) is 27.1 Å². The fourth-order valence-electron chi connectivity index (χ4n) is 3.27. The van der Waals surface area contributed by atoms with Gasteiger partial charge in [0.1, 0.15) is 0 Å². The maximum Gasteiger partial charge on any atom is 0.224 e. The molecule has 1 aliphatic rings. The van der Waals surface area contributed by atoms with E-state index in [1.54, 1.807) is 24.3 Å². The van der Waals surface area contributed by atoms with Crippen molar-refractivity contribution in [3.05, 3.63) is 70.7 Å². The Morgan fingerprint density at radius 2 is 1.85 bits per heavy atom. The van der Waals surface area contributed by atoms with Crippen molar-refractivity contribution >= 4 is 27.5 Å². The molecule has 0 aromatic heterocycles. The van der Waals surface area contributed by atoms with Crippen LogP contribution in [0.15, 0.2) is 54.6 Å². The fourth-order valence-corrected chi connectivity index (χ4v) is 5.08. The first-order chi connectivity index (χ1) is 12.9. The lowest BCUT2D eigenvalue weighted by molar-refractivity contribution is -0.126. The molecule has 0 radical (unpaired) electrons. The van der Waals surface area contributed by atoms with Gasteiger partial charge in [-0.05, 0) is 36.1 Å². The van der Waals surface area contributed by atoms with Crippen LogP contribution in [0.25, 0.3) is 0 Å². The molecule has 1 heterocycles. The van der Waals surface area contributed by atoms with Gasteiger partial charge in [-0.3, -0.25) is 4.79 Å². The second kappa shape index (κ2) is 8.87. The average molecular weight is 407 g/mol. The van der Waals surface area contributed by atoms with E-state index in [4.69, 9.17) is 11.6 Å². The Morgan fingerprint density at radius 3 is 2.59 bits per heavy atom. The summed E-state index contributed by atoms with van der Waals surface area (Å²) in [5.74, 6) is -0.524. The van der Waals surface area contributed by atoms with Crippen LogP contribution in [0.3, 0.4) is 0 Å². The van der Waals surface area contributed by atoms with Crippen molar-refractivity contribution in [1.29, 1.82) is 0 Å². The number of rotatable bonds is 6. The molecule has 0 unspecified atom stereocenters. The zero-order chi connectivity index (χ0) is 19.3. The Labute approximate surface area is 165 Å². The predicted octanol–water partition coefficient (Wildman–Crippen LogP) is 3.20. The highest BCUT2D eigenvalue weighted by atomic mass is 35.5. The average Bonchev–Trinajstić information content (AvgIpc) is 2.67. The lowest BCUT2D eigenvalue weighted by atomic mass is 9.99. The number of carbonyl (C=O) groups excluding carboxylic acids is 1. The number of halogens is 1. The summed E-state index contributed by atoms with van der Waals surface area (Å²) < 4.78 is 27.0. The second-order valence-corrected chi connectivity index (χ2v) is 9.19. The zero-order valence-corrected chi connectivity index (χ0v) is 16.5. The van der Waals surface area contributed by atoms with Crippen molar-refractivity contribution in [2.45, 2.75) is 25.1 Å². The van der Waals surface area contributed by atoms with Crippen LogP contribution in [-0.4, -0.2) is 31.7 Å². The number of sulfonamides is 1. The van der Waals surface area contributed by atoms with E-state index in [0.29, 0.717) is 36.5 Å². The van der Waals surface area contributed by atoms with Crippen LogP contribution in [0, 0.1) is 5.92 Å². The first kappa shape index (κ1) is 19.9. The second-order valence-electron chi connectivity index (χ2n) is 6.79. The van der Waals surface area contributed by atoms with E-state index < -0.39 is 10.0 Å². The third-order valence-corrected chi connectivity index (χ3v) is 6.75. The fraction of sp³-hybridized carbons (Fsp3) is 0.350. The van der Waals surface area contributed by atoms with Gasteiger partial charge in [0.05, 0.1) is 11.7 Å². The molecule has 1 amide bonds. The van der Waals surface area contributed by atoms with Crippen molar-refractivity contribution in [2.75, 3.05) is 13.1 Å². The maximum absolute atomic E-state index is 12.8. The molecule has 1 fully saturated rings. The molecular weight excluding hydrogens is 384 g/mol. The number of benzene rings is 2. The summed E-state index contributed by atoms with van der Waals surface area (Å²) in [6, 6.07) is 16.5. The van der Waals surface area contributed by atoms with Crippen LogP contribution < -0.4 is 5.32 Å². The Kier molecular flexibility index (Phi) is 6.52. The lowest BCUT2D eigenvalue weighted by Crippen LogP contribution is -2.45. The number of nitrogens with zero attached hydrogens (tertiary/aromatic N) is 1. The Hall–Kier alpha value is -1.89. The number of carbonyl (C=O) groups is 1. The van der Waals surface area contributed by atoms with E-state index in [0.717, 1.165) is 5.56 Å². The third kappa shape index (κ3) is 5.54. The minimum atomic E-state index is -3.49. The van der Waals surface area contributed by atoms with Crippen molar-refractivity contribution in [1.82, 2.24) is 9.62 Å².